The number of hydrogen-bond acceptors (Lipinski definition) is 3. The van der Waals surface area contributed by atoms with Crippen LogP contribution in [0.4, 0.5) is 8.78 Å². The molecule has 0 N–H and O–H groups in total. The molecular formula is C18H21F2N5. The van der Waals surface area contributed by atoms with Gasteiger partial charge in [-0.15, -0.1) is 10.2 Å². The fourth-order valence-electron chi connectivity index (χ4n) is 3.81. The Morgan fingerprint density at radius 2 is 1.88 bits per heavy atom. The van der Waals surface area contributed by atoms with Gasteiger partial charge in [0.05, 0.1) is 11.4 Å². The minimum absolute atomic E-state index is 0.306. The second kappa shape index (κ2) is 5.61. The molecule has 3 aromatic rings. The summed E-state index contributed by atoms with van der Waals surface area (Å²) in [4.78, 5) is 0. The average Bonchev–Trinajstić information content (AvgIpc) is 3.21. The molecule has 0 saturated heterocycles. The Balaban J connectivity index is 1.97. The zero-order valence-electron chi connectivity index (χ0n) is 14.8. The lowest BCUT2D eigenvalue weighted by Crippen LogP contribution is -2.07. The van der Waals surface area contributed by atoms with Crippen LogP contribution in [0.25, 0.3) is 11.3 Å². The molecule has 1 saturated carbocycles. The van der Waals surface area contributed by atoms with Gasteiger partial charge in [0.1, 0.15) is 0 Å². The molecule has 5 nitrogen and oxygen atoms in total. The van der Waals surface area contributed by atoms with Gasteiger partial charge in [-0.2, -0.15) is 5.10 Å². The summed E-state index contributed by atoms with van der Waals surface area (Å²) < 4.78 is 29.7. The van der Waals surface area contributed by atoms with Gasteiger partial charge in [0, 0.05) is 17.5 Å². The minimum atomic E-state index is -2.64. The summed E-state index contributed by atoms with van der Waals surface area (Å²) in [6, 6.07) is 1.86. The first-order valence-corrected chi connectivity index (χ1v) is 8.62. The maximum absolute atomic E-state index is 13.2. The van der Waals surface area contributed by atoms with E-state index < -0.39 is 6.43 Å². The number of nitrogens with zero attached hydrogens (tertiary/aromatic N) is 5. The molecule has 0 atom stereocenters. The normalized spacial score (nSPS) is 15.0. The standard InChI is InChI=1S/C18H21F2N5/c1-9(2)14-10(3)23-25(11(14)4)13-7-8-24-17(15(13)12-5-6-12)21-22-18(24)16(19)20/h7-9,12,16H,5-6H2,1-4H3. The highest BCUT2D eigenvalue weighted by Crippen LogP contribution is 2.45. The summed E-state index contributed by atoms with van der Waals surface area (Å²) in [5.41, 5.74) is 5.75. The number of rotatable bonds is 4. The minimum Gasteiger partial charge on any atom is -0.281 e. The van der Waals surface area contributed by atoms with Gasteiger partial charge in [0.15, 0.2) is 5.65 Å². The van der Waals surface area contributed by atoms with E-state index in [1.807, 2.05) is 17.7 Å². The lowest BCUT2D eigenvalue weighted by molar-refractivity contribution is 0.139. The molecule has 7 heteroatoms. The molecular weight excluding hydrogens is 324 g/mol. The predicted octanol–water partition coefficient (Wildman–Crippen LogP) is 4.47. The van der Waals surface area contributed by atoms with Gasteiger partial charge in [0.2, 0.25) is 5.82 Å². The van der Waals surface area contributed by atoms with Crippen LogP contribution in [0.5, 0.6) is 0 Å². The Labute approximate surface area is 144 Å². The zero-order chi connectivity index (χ0) is 17.9. The first-order valence-electron chi connectivity index (χ1n) is 8.62. The van der Waals surface area contributed by atoms with Crippen LogP contribution in [0.1, 0.15) is 73.3 Å². The van der Waals surface area contributed by atoms with E-state index in [2.05, 4.69) is 31.0 Å². The molecule has 0 bridgehead atoms. The third-order valence-electron chi connectivity index (χ3n) is 4.95. The summed E-state index contributed by atoms with van der Waals surface area (Å²) in [5.74, 6) is 0.403. The Morgan fingerprint density at radius 1 is 1.16 bits per heavy atom. The maximum atomic E-state index is 13.2. The van der Waals surface area contributed by atoms with Crippen molar-refractivity contribution in [2.45, 2.75) is 58.8 Å². The SMILES string of the molecule is Cc1nn(-c2ccn3c(C(F)F)nnc3c2C2CC2)c(C)c1C(C)C. The predicted molar refractivity (Wildman–Crippen MR) is 90.6 cm³/mol. The fourth-order valence-corrected chi connectivity index (χ4v) is 3.81. The zero-order valence-corrected chi connectivity index (χ0v) is 14.8. The molecule has 0 unspecified atom stereocenters. The van der Waals surface area contributed by atoms with Gasteiger partial charge < -0.3 is 0 Å². The Hall–Kier alpha value is -2.31. The van der Waals surface area contributed by atoms with E-state index in [4.69, 9.17) is 5.10 Å². The lowest BCUT2D eigenvalue weighted by Gasteiger charge is -2.13. The third kappa shape index (κ3) is 2.44. The van der Waals surface area contributed by atoms with Crippen molar-refractivity contribution >= 4 is 5.65 Å². The van der Waals surface area contributed by atoms with Gasteiger partial charge in [-0.25, -0.2) is 13.5 Å². The lowest BCUT2D eigenvalue weighted by atomic mass is 10.0. The fraction of sp³-hybridized carbons (Fsp3) is 0.500. The van der Waals surface area contributed by atoms with E-state index in [1.165, 1.54) is 9.96 Å². The highest BCUT2D eigenvalue weighted by molar-refractivity contribution is 5.62. The Kier molecular flexibility index (Phi) is 3.63. The number of halogens is 2. The van der Waals surface area contributed by atoms with Crippen LogP contribution in [0, 0.1) is 13.8 Å². The molecule has 0 radical (unpaired) electrons. The van der Waals surface area contributed by atoms with Crippen LogP contribution < -0.4 is 0 Å². The number of aromatic nitrogens is 5. The molecule has 132 valence electrons. The van der Waals surface area contributed by atoms with Gasteiger partial charge in [-0.05, 0) is 50.2 Å². The molecule has 0 amide bonds. The van der Waals surface area contributed by atoms with E-state index in [0.29, 0.717) is 17.5 Å². The van der Waals surface area contributed by atoms with Crippen LogP contribution in [-0.2, 0) is 0 Å². The topological polar surface area (TPSA) is 48.0 Å². The van der Waals surface area contributed by atoms with Gasteiger partial charge in [0.25, 0.3) is 6.43 Å². The van der Waals surface area contributed by atoms with Crippen molar-refractivity contribution in [2.75, 3.05) is 0 Å². The summed E-state index contributed by atoms with van der Waals surface area (Å²) in [5, 5.41) is 12.5. The first kappa shape index (κ1) is 16.2. The van der Waals surface area contributed by atoms with Crippen molar-refractivity contribution in [3.8, 4) is 5.69 Å². The second-order valence-electron chi connectivity index (χ2n) is 7.09. The average molecular weight is 345 g/mol. The van der Waals surface area contributed by atoms with Gasteiger partial charge >= 0.3 is 0 Å². The molecule has 0 aromatic carbocycles. The number of alkyl halides is 2. The Bertz CT molecular complexity index is 950. The van der Waals surface area contributed by atoms with Crippen LogP contribution >= 0.6 is 0 Å². The van der Waals surface area contributed by atoms with Crippen molar-refractivity contribution in [3.05, 3.63) is 40.6 Å². The van der Waals surface area contributed by atoms with Crippen molar-refractivity contribution in [2.24, 2.45) is 0 Å². The maximum Gasteiger partial charge on any atom is 0.297 e. The quantitative estimate of drug-likeness (QED) is 0.701. The van der Waals surface area contributed by atoms with E-state index >= 15 is 0 Å². The summed E-state index contributed by atoms with van der Waals surface area (Å²) >= 11 is 0. The molecule has 4 rings (SSSR count). The van der Waals surface area contributed by atoms with Crippen LogP contribution in [0.3, 0.4) is 0 Å². The second-order valence-corrected chi connectivity index (χ2v) is 7.09. The first-order chi connectivity index (χ1) is 11.9. The summed E-state index contributed by atoms with van der Waals surface area (Å²) in [7, 11) is 0. The van der Waals surface area contributed by atoms with E-state index in [0.717, 1.165) is 35.5 Å². The number of hydrogen-bond donors (Lipinski definition) is 0. The van der Waals surface area contributed by atoms with Gasteiger partial charge in [-0.3, -0.25) is 4.40 Å². The summed E-state index contributed by atoms with van der Waals surface area (Å²) in [6.45, 7) is 8.38. The van der Waals surface area contributed by atoms with E-state index in [1.54, 1.807) is 6.20 Å². The largest absolute Gasteiger partial charge is 0.297 e. The number of fused-ring (bicyclic) bond motifs is 1. The van der Waals surface area contributed by atoms with E-state index in [-0.39, 0.29) is 5.82 Å². The summed E-state index contributed by atoms with van der Waals surface area (Å²) in [6.07, 6.45) is 1.07. The molecule has 3 heterocycles. The van der Waals surface area contributed by atoms with Crippen LogP contribution in [0.15, 0.2) is 12.3 Å². The smallest absolute Gasteiger partial charge is 0.281 e. The monoisotopic (exact) mass is 345 g/mol. The Morgan fingerprint density at radius 3 is 2.44 bits per heavy atom. The van der Waals surface area contributed by atoms with Crippen molar-refractivity contribution < 1.29 is 8.78 Å². The molecule has 25 heavy (non-hydrogen) atoms. The molecule has 0 spiro atoms. The molecule has 3 aromatic heterocycles. The molecule has 1 fully saturated rings. The third-order valence-corrected chi connectivity index (χ3v) is 4.95. The van der Waals surface area contributed by atoms with Crippen LogP contribution in [-0.4, -0.2) is 24.4 Å². The van der Waals surface area contributed by atoms with E-state index in [9.17, 15) is 8.78 Å². The van der Waals surface area contributed by atoms with Crippen molar-refractivity contribution in [3.63, 3.8) is 0 Å². The number of pyridine rings is 1. The van der Waals surface area contributed by atoms with Crippen molar-refractivity contribution in [1.29, 1.82) is 0 Å². The van der Waals surface area contributed by atoms with Gasteiger partial charge in [-0.1, -0.05) is 13.8 Å². The highest BCUT2D eigenvalue weighted by atomic mass is 19.3. The molecule has 1 aliphatic rings. The molecule has 0 aliphatic heterocycles. The number of aryl methyl sites for hydroxylation is 1. The molecule has 1 aliphatic carbocycles. The van der Waals surface area contributed by atoms with Crippen molar-refractivity contribution in [1.82, 2.24) is 24.4 Å². The van der Waals surface area contributed by atoms with Crippen LogP contribution in [0.2, 0.25) is 0 Å². The highest BCUT2D eigenvalue weighted by Gasteiger charge is 2.32.